The predicted molar refractivity (Wildman–Crippen MR) is 134 cm³/mol. The Labute approximate surface area is 190 Å². The molecule has 9 unspecified atom stereocenters. The quantitative estimate of drug-likeness (QED) is 0.418. The SMILES string of the molecule is CC.CC(C)CCCC(C)C1CCC2C3CCC4CC(C)CCC4(C)C3CCC12C. The summed E-state index contributed by atoms with van der Waals surface area (Å²) in [4.78, 5) is 0. The highest BCUT2D eigenvalue weighted by Crippen LogP contribution is 2.68. The van der Waals surface area contributed by atoms with Crippen LogP contribution in [0, 0.1) is 58.2 Å². The van der Waals surface area contributed by atoms with Gasteiger partial charge >= 0.3 is 0 Å². The summed E-state index contributed by atoms with van der Waals surface area (Å²) in [7, 11) is 0. The molecule has 0 nitrogen and oxygen atoms in total. The van der Waals surface area contributed by atoms with Crippen molar-refractivity contribution in [1.82, 2.24) is 0 Å². The molecule has 0 radical (unpaired) electrons. The monoisotopic (exact) mass is 416 g/mol. The molecule has 0 heterocycles. The number of fused-ring (bicyclic) bond motifs is 5. The molecule has 176 valence electrons. The van der Waals surface area contributed by atoms with E-state index in [2.05, 4.69) is 41.5 Å². The van der Waals surface area contributed by atoms with Gasteiger partial charge < -0.3 is 0 Å². The van der Waals surface area contributed by atoms with Gasteiger partial charge in [-0.3, -0.25) is 0 Å². The van der Waals surface area contributed by atoms with Crippen LogP contribution in [0.1, 0.15) is 132 Å². The molecule has 0 bridgehead atoms. The first-order valence-corrected chi connectivity index (χ1v) is 14.3. The highest BCUT2D eigenvalue weighted by molar-refractivity contribution is 5.09. The molecule has 0 aliphatic heterocycles. The summed E-state index contributed by atoms with van der Waals surface area (Å²) < 4.78 is 0. The van der Waals surface area contributed by atoms with Crippen molar-refractivity contribution in [2.75, 3.05) is 0 Å². The van der Waals surface area contributed by atoms with Gasteiger partial charge in [0.25, 0.3) is 0 Å². The maximum atomic E-state index is 2.75. The molecular formula is C30H56. The Kier molecular flexibility index (Phi) is 8.10. The third-order valence-corrected chi connectivity index (χ3v) is 11.1. The van der Waals surface area contributed by atoms with Crippen LogP contribution in [-0.4, -0.2) is 0 Å². The van der Waals surface area contributed by atoms with E-state index in [0.29, 0.717) is 10.8 Å². The van der Waals surface area contributed by atoms with E-state index in [0.717, 1.165) is 47.3 Å². The second-order valence-electron chi connectivity index (χ2n) is 13.1. The van der Waals surface area contributed by atoms with E-state index in [-0.39, 0.29) is 0 Å². The van der Waals surface area contributed by atoms with Gasteiger partial charge in [-0.05, 0) is 110 Å². The third-order valence-electron chi connectivity index (χ3n) is 11.1. The summed E-state index contributed by atoms with van der Waals surface area (Å²) >= 11 is 0. The van der Waals surface area contributed by atoms with E-state index in [1.807, 2.05) is 13.8 Å². The molecule has 0 aromatic rings. The lowest BCUT2D eigenvalue weighted by molar-refractivity contribution is -0.120. The Morgan fingerprint density at radius 1 is 0.767 bits per heavy atom. The summed E-state index contributed by atoms with van der Waals surface area (Å²) in [5.41, 5.74) is 1.36. The van der Waals surface area contributed by atoms with Crippen LogP contribution in [0.15, 0.2) is 0 Å². The van der Waals surface area contributed by atoms with Crippen molar-refractivity contribution in [3.63, 3.8) is 0 Å². The van der Waals surface area contributed by atoms with E-state index in [4.69, 9.17) is 0 Å². The molecular weight excluding hydrogens is 360 g/mol. The normalized spacial score (nSPS) is 46.3. The first-order valence-electron chi connectivity index (χ1n) is 14.3. The fourth-order valence-electron chi connectivity index (χ4n) is 9.50. The summed E-state index contributed by atoms with van der Waals surface area (Å²) in [6.07, 6.45) is 18.3. The van der Waals surface area contributed by atoms with Gasteiger partial charge in [-0.2, -0.15) is 0 Å². The summed E-state index contributed by atoms with van der Waals surface area (Å²) in [6.45, 7) is 19.4. The second kappa shape index (κ2) is 9.87. The van der Waals surface area contributed by atoms with Gasteiger partial charge in [0, 0.05) is 0 Å². The molecule has 4 fully saturated rings. The number of hydrogen-bond donors (Lipinski definition) is 0. The van der Waals surface area contributed by atoms with Crippen LogP contribution in [0.5, 0.6) is 0 Å². The molecule has 0 aromatic carbocycles. The molecule has 4 aliphatic carbocycles. The molecule has 4 rings (SSSR count). The van der Waals surface area contributed by atoms with Crippen molar-refractivity contribution in [3.8, 4) is 0 Å². The molecule has 4 aliphatic rings. The third kappa shape index (κ3) is 4.41. The largest absolute Gasteiger partial charge is 0.0683 e. The van der Waals surface area contributed by atoms with Crippen LogP contribution in [0.25, 0.3) is 0 Å². The standard InChI is InChI=1S/C28H50.C2H6/c1-19(2)8-7-9-21(4)24-12-13-25-23-11-10-22-18-20(3)14-16-27(22,5)26(23)15-17-28(24,25)6;1-2/h19-26H,7-18H2,1-6H3;1-2H3. The molecule has 30 heavy (non-hydrogen) atoms. The highest BCUT2D eigenvalue weighted by atomic mass is 14.6. The van der Waals surface area contributed by atoms with E-state index in [1.54, 1.807) is 44.9 Å². The van der Waals surface area contributed by atoms with Crippen molar-refractivity contribution in [2.45, 2.75) is 132 Å². The lowest BCUT2D eigenvalue weighted by atomic mass is 9.44. The van der Waals surface area contributed by atoms with Crippen LogP contribution < -0.4 is 0 Å². The smallest absolute Gasteiger partial charge is 0.0264 e. The van der Waals surface area contributed by atoms with Gasteiger partial charge in [0.15, 0.2) is 0 Å². The predicted octanol–water partition coefficient (Wildman–Crippen LogP) is 9.77. The van der Waals surface area contributed by atoms with Crippen molar-refractivity contribution >= 4 is 0 Å². The Morgan fingerprint density at radius 2 is 1.43 bits per heavy atom. The summed E-state index contributed by atoms with van der Waals surface area (Å²) in [5.74, 6) is 8.08. The molecule has 0 aromatic heterocycles. The van der Waals surface area contributed by atoms with Gasteiger partial charge in [-0.25, -0.2) is 0 Å². The maximum Gasteiger partial charge on any atom is -0.0264 e. The fraction of sp³-hybridized carbons (Fsp3) is 1.00. The van der Waals surface area contributed by atoms with Crippen molar-refractivity contribution in [3.05, 3.63) is 0 Å². The summed E-state index contributed by atoms with van der Waals surface area (Å²) in [6, 6.07) is 0. The van der Waals surface area contributed by atoms with Crippen molar-refractivity contribution in [1.29, 1.82) is 0 Å². The summed E-state index contributed by atoms with van der Waals surface area (Å²) in [5, 5.41) is 0. The maximum absolute atomic E-state index is 2.75. The zero-order chi connectivity index (χ0) is 22.1. The molecule has 0 amide bonds. The first kappa shape index (κ1) is 24.6. The van der Waals surface area contributed by atoms with Gasteiger partial charge in [-0.1, -0.05) is 81.1 Å². The average Bonchev–Trinajstić information content (AvgIpc) is 3.07. The van der Waals surface area contributed by atoms with E-state index >= 15 is 0 Å². The van der Waals surface area contributed by atoms with Gasteiger partial charge in [0.05, 0.1) is 0 Å². The Morgan fingerprint density at radius 3 is 2.13 bits per heavy atom. The van der Waals surface area contributed by atoms with Crippen LogP contribution in [0.3, 0.4) is 0 Å². The number of hydrogen-bond acceptors (Lipinski definition) is 0. The van der Waals surface area contributed by atoms with Crippen LogP contribution in [-0.2, 0) is 0 Å². The van der Waals surface area contributed by atoms with Crippen LogP contribution in [0.4, 0.5) is 0 Å². The van der Waals surface area contributed by atoms with Crippen LogP contribution >= 0.6 is 0 Å². The lowest BCUT2D eigenvalue weighted by Crippen LogP contribution is -2.53. The molecule has 4 saturated carbocycles. The highest BCUT2D eigenvalue weighted by Gasteiger charge is 2.60. The van der Waals surface area contributed by atoms with Crippen molar-refractivity contribution in [2.24, 2.45) is 58.2 Å². The zero-order valence-electron chi connectivity index (χ0n) is 22.1. The van der Waals surface area contributed by atoms with E-state index in [9.17, 15) is 0 Å². The molecule has 9 atom stereocenters. The molecule has 0 heteroatoms. The van der Waals surface area contributed by atoms with E-state index in [1.165, 1.54) is 32.1 Å². The minimum Gasteiger partial charge on any atom is -0.0683 e. The Bertz CT molecular complexity index is 534. The minimum atomic E-state index is 0.670. The van der Waals surface area contributed by atoms with Gasteiger partial charge in [0.2, 0.25) is 0 Å². The zero-order valence-corrected chi connectivity index (χ0v) is 22.1. The first-order chi connectivity index (χ1) is 14.3. The van der Waals surface area contributed by atoms with E-state index < -0.39 is 0 Å². The fourth-order valence-corrected chi connectivity index (χ4v) is 9.50. The van der Waals surface area contributed by atoms with Gasteiger partial charge in [0.1, 0.15) is 0 Å². The molecule has 0 spiro atoms. The Balaban J connectivity index is 0.00000124. The topological polar surface area (TPSA) is 0 Å². The Hall–Kier alpha value is 0. The minimum absolute atomic E-state index is 0.670. The molecule has 0 N–H and O–H groups in total. The second-order valence-corrected chi connectivity index (χ2v) is 13.1. The molecule has 0 saturated heterocycles. The number of rotatable bonds is 5. The van der Waals surface area contributed by atoms with Gasteiger partial charge in [-0.15, -0.1) is 0 Å². The van der Waals surface area contributed by atoms with Crippen molar-refractivity contribution < 1.29 is 0 Å². The average molecular weight is 417 g/mol. The van der Waals surface area contributed by atoms with Crippen LogP contribution in [0.2, 0.25) is 0 Å². The lowest BCUT2D eigenvalue weighted by Gasteiger charge is -2.61.